The summed E-state index contributed by atoms with van der Waals surface area (Å²) in [5, 5.41) is 6.59. The molecule has 0 fully saturated rings. The maximum Gasteiger partial charge on any atom is 0.118 e. The molecule has 1 heterocycles. The zero-order chi connectivity index (χ0) is 20.2. The molecule has 2 heteroatoms. The maximum atomic E-state index is 4.90. The Morgan fingerprint density at radius 2 is 0.933 bits per heavy atom. The second kappa shape index (κ2) is 8.22. The Bertz CT molecular complexity index is 1150. The fraction of sp³-hybridized carbons (Fsp3) is 0.0357. The molecule has 0 atom stereocenters. The quantitative estimate of drug-likeness (QED) is 0.341. The van der Waals surface area contributed by atoms with Crippen molar-refractivity contribution in [1.82, 2.24) is 4.98 Å². The summed E-state index contributed by atoms with van der Waals surface area (Å²) in [4.78, 5) is 4.90. The standard InChI is InChI=1S/C28H23NP/c1-4-14-26(15-5-1)30(27-16-6-2-7-17-27,28-18-8-3-9-19-28)22-25-20-23-12-10-11-13-24(23)21-29-25/h1-21H,22H2/q+1. The van der Waals surface area contributed by atoms with Crippen LogP contribution in [0.4, 0.5) is 0 Å². The summed E-state index contributed by atoms with van der Waals surface area (Å²) in [6.07, 6.45) is 2.91. The molecular formula is C28H23NP+. The molecule has 0 bridgehead atoms. The molecule has 0 aliphatic heterocycles. The predicted octanol–water partition coefficient (Wildman–Crippen LogP) is 5.73. The van der Waals surface area contributed by atoms with Gasteiger partial charge >= 0.3 is 0 Å². The van der Waals surface area contributed by atoms with Crippen LogP contribution in [0.15, 0.2) is 128 Å². The first-order valence-corrected chi connectivity index (χ1v) is 12.2. The molecule has 4 aromatic carbocycles. The van der Waals surface area contributed by atoms with E-state index in [2.05, 4.69) is 121 Å². The predicted molar refractivity (Wildman–Crippen MR) is 131 cm³/mol. The third-order valence-electron chi connectivity index (χ3n) is 5.68. The molecule has 0 saturated heterocycles. The van der Waals surface area contributed by atoms with Crippen LogP contribution < -0.4 is 15.9 Å². The van der Waals surface area contributed by atoms with E-state index in [1.807, 2.05) is 6.20 Å². The van der Waals surface area contributed by atoms with Crippen molar-refractivity contribution >= 4 is 33.9 Å². The van der Waals surface area contributed by atoms with Crippen LogP contribution in [-0.4, -0.2) is 4.98 Å². The molecule has 5 aromatic rings. The minimum absolute atomic E-state index is 0.899. The van der Waals surface area contributed by atoms with E-state index in [1.165, 1.54) is 26.7 Å². The van der Waals surface area contributed by atoms with E-state index in [4.69, 9.17) is 4.98 Å². The summed E-state index contributed by atoms with van der Waals surface area (Å²) >= 11 is 0. The fourth-order valence-corrected chi connectivity index (χ4v) is 8.37. The second-order valence-corrected chi connectivity index (χ2v) is 11.0. The minimum Gasteiger partial charge on any atom is -0.257 e. The van der Waals surface area contributed by atoms with Gasteiger partial charge in [-0.05, 0) is 47.9 Å². The number of hydrogen-bond acceptors (Lipinski definition) is 1. The summed E-state index contributed by atoms with van der Waals surface area (Å²) < 4.78 is 0. The van der Waals surface area contributed by atoms with E-state index in [-0.39, 0.29) is 0 Å². The van der Waals surface area contributed by atoms with E-state index < -0.39 is 7.26 Å². The molecule has 30 heavy (non-hydrogen) atoms. The number of benzene rings is 4. The van der Waals surface area contributed by atoms with Gasteiger partial charge in [-0.1, -0.05) is 78.9 Å². The summed E-state index contributed by atoms with van der Waals surface area (Å²) in [7, 11) is -1.92. The zero-order valence-electron chi connectivity index (χ0n) is 16.7. The summed E-state index contributed by atoms with van der Waals surface area (Å²) in [6.45, 7) is 0. The Hall–Kier alpha value is -3.28. The van der Waals surface area contributed by atoms with Crippen LogP contribution >= 0.6 is 7.26 Å². The van der Waals surface area contributed by atoms with Crippen LogP contribution in [0.5, 0.6) is 0 Å². The molecule has 0 unspecified atom stereocenters. The van der Waals surface area contributed by atoms with Crippen LogP contribution in [0.3, 0.4) is 0 Å². The Kier molecular flexibility index (Phi) is 5.13. The van der Waals surface area contributed by atoms with Gasteiger partial charge in [0.15, 0.2) is 0 Å². The number of rotatable bonds is 5. The van der Waals surface area contributed by atoms with Crippen molar-refractivity contribution in [2.75, 3.05) is 0 Å². The Morgan fingerprint density at radius 1 is 0.500 bits per heavy atom. The Morgan fingerprint density at radius 3 is 1.43 bits per heavy atom. The van der Waals surface area contributed by atoms with Crippen LogP contribution in [0.25, 0.3) is 10.8 Å². The average Bonchev–Trinajstić information content (AvgIpc) is 2.84. The van der Waals surface area contributed by atoms with E-state index in [0.29, 0.717) is 0 Å². The van der Waals surface area contributed by atoms with Gasteiger partial charge in [0.25, 0.3) is 0 Å². The minimum atomic E-state index is -1.92. The van der Waals surface area contributed by atoms with Gasteiger partial charge in [-0.15, -0.1) is 0 Å². The molecule has 0 amide bonds. The Balaban J connectivity index is 1.76. The summed E-state index contributed by atoms with van der Waals surface area (Å²) in [5.41, 5.74) is 1.14. The largest absolute Gasteiger partial charge is 0.257 e. The van der Waals surface area contributed by atoms with Gasteiger partial charge in [-0.2, -0.15) is 0 Å². The van der Waals surface area contributed by atoms with Crippen LogP contribution in [0, 0.1) is 0 Å². The highest BCUT2D eigenvalue weighted by molar-refractivity contribution is 7.95. The normalized spacial score (nSPS) is 11.5. The molecule has 144 valence electrons. The molecule has 1 aromatic heterocycles. The van der Waals surface area contributed by atoms with Gasteiger partial charge in [0.05, 0.1) is 5.69 Å². The lowest BCUT2D eigenvalue weighted by molar-refractivity contribution is 1.19. The first kappa shape index (κ1) is 18.7. The highest BCUT2D eigenvalue weighted by Gasteiger charge is 2.45. The molecule has 0 saturated carbocycles. The smallest absolute Gasteiger partial charge is 0.118 e. The molecule has 0 aliphatic rings. The van der Waals surface area contributed by atoms with Gasteiger partial charge in [0.1, 0.15) is 29.3 Å². The first-order chi connectivity index (χ1) is 14.9. The van der Waals surface area contributed by atoms with E-state index in [9.17, 15) is 0 Å². The van der Waals surface area contributed by atoms with Crippen molar-refractivity contribution < 1.29 is 0 Å². The average molecular weight is 404 g/mol. The molecule has 0 aliphatic carbocycles. The molecular weight excluding hydrogens is 381 g/mol. The number of aromatic nitrogens is 1. The van der Waals surface area contributed by atoms with Crippen LogP contribution in [0.1, 0.15) is 5.69 Å². The SMILES string of the molecule is c1ccc([P+](Cc2cc3ccccc3cn2)(c2ccccc2)c2ccccc2)cc1. The van der Waals surface area contributed by atoms with Gasteiger partial charge in [-0.25, -0.2) is 0 Å². The lowest BCUT2D eigenvalue weighted by Crippen LogP contribution is -2.32. The highest BCUT2D eigenvalue weighted by atomic mass is 31.2. The van der Waals surface area contributed by atoms with Crippen LogP contribution in [0.2, 0.25) is 0 Å². The number of nitrogens with zero attached hydrogens (tertiary/aromatic N) is 1. The fourth-order valence-electron chi connectivity index (χ4n) is 4.23. The Labute approximate surface area is 178 Å². The zero-order valence-corrected chi connectivity index (χ0v) is 17.6. The lowest BCUT2D eigenvalue weighted by atomic mass is 10.1. The molecule has 0 spiro atoms. The summed E-state index contributed by atoms with van der Waals surface area (Å²) in [6, 6.07) is 43.7. The second-order valence-electron chi connectivity index (χ2n) is 7.50. The monoisotopic (exact) mass is 404 g/mol. The number of hydrogen-bond donors (Lipinski definition) is 0. The molecule has 5 rings (SSSR count). The number of fused-ring (bicyclic) bond motifs is 1. The highest BCUT2D eigenvalue weighted by Crippen LogP contribution is 2.57. The van der Waals surface area contributed by atoms with E-state index in [1.54, 1.807) is 0 Å². The lowest BCUT2D eigenvalue weighted by Gasteiger charge is -2.27. The third-order valence-corrected chi connectivity index (χ3v) is 10.0. The maximum absolute atomic E-state index is 4.90. The van der Waals surface area contributed by atoms with Gasteiger partial charge in [0, 0.05) is 11.6 Å². The van der Waals surface area contributed by atoms with Gasteiger partial charge < -0.3 is 0 Å². The van der Waals surface area contributed by atoms with Crippen molar-refractivity contribution in [3.8, 4) is 0 Å². The van der Waals surface area contributed by atoms with Crippen molar-refractivity contribution in [2.24, 2.45) is 0 Å². The van der Waals surface area contributed by atoms with Crippen LogP contribution in [-0.2, 0) is 6.16 Å². The molecule has 0 N–H and O–H groups in total. The topological polar surface area (TPSA) is 12.9 Å². The summed E-state index contributed by atoms with van der Waals surface area (Å²) in [5.74, 6) is 0. The van der Waals surface area contributed by atoms with Gasteiger partial charge in [-0.3, -0.25) is 4.98 Å². The first-order valence-electron chi connectivity index (χ1n) is 10.2. The van der Waals surface area contributed by atoms with E-state index >= 15 is 0 Å². The van der Waals surface area contributed by atoms with Crippen molar-refractivity contribution in [3.63, 3.8) is 0 Å². The van der Waals surface area contributed by atoms with Gasteiger partial charge in [0.2, 0.25) is 0 Å². The van der Waals surface area contributed by atoms with Crippen molar-refractivity contribution in [2.45, 2.75) is 6.16 Å². The molecule has 1 nitrogen and oxygen atoms in total. The number of pyridine rings is 1. The van der Waals surface area contributed by atoms with Crippen molar-refractivity contribution in [1.29, 1.82) is 0 Å². The van der Waals surface area contributed by atoms with E-state index in [0.717, 1.165) is 11.9 Å². The van der Waals surface area contributed by atoms with Crippen molar-refractivity contribution in [3.05, 3.63) is 133 Å². The third kappa shape index (κ3) is 3.43. The molecule has 0 radical (unpaired) electrons.